The Hall–Kier alpha value is -1.38. The van der Waals surface area contributed by atoms with E-state index in [-0.39, 0.29) is 5.82 Å². The van der Waals surface area contributed by atoms with Crippen molar-refractivity contribution in [2.45, 2.75) is 19.9 Å². The van der Waals surface area contributed by atoms with Crippen LogP contribution in [0, 0.1) is 5.82 Å². The molecule has 100 valence electrons. The van der Waals surface area contributed by atoms with Gasteiger partial charge in [0.05, 0.1) is 0 Å². The van der Waals surface area contributed by atoms with E-state index < -0.39 is 0 Å². The van der Waals surface area contributed by atoms with E-state index in [4.69, 9.17) is 11.6 Å². The van der Waals surface area contributed by atoms with Crippen molar-refractivity contribution < 1.29 is 4.39 Å². The van der Waals surface area contributed by atoms with Crippen molar-refractivity contribution >= 4 is 11.6 Å². The van der Waals surface area contributed by atoms with Crippen molar-refractivity contribution in [2.75, 3.05) is 6.54 Å². The molecule has 3 heteroatoms. The van der Waals surface area contributed by atoms with E-state index in [1.807, 2.05) is 24.3 Å². The molecule has 2 aromatic rings. The Morgan fingerprint density at radius 1 is 1.16 bits per heavy atom. The summed E-state index contributed by atoms with van der Waals surface area (Å²) in [4.78, 5) is 0. The number of halogens is 2. The van der Waals surface area contributed by atoms with Gasteiger partial charge < -0.3 is 5.32 Å². The summed E-state index contributed by atoms with van der Waals surface area (Å²) in [5, 5.41) is 3.93. The smallest absolute Gasteiger partial charge is 0.131 e. The van der Waals surface area contributed by atoms with E-state index in [2.05, 4.69) is 12.2 Å². The Bertz CT molecular complexity index is 554. The van der Waals surface area contributed by atoms with Crippen molar-refractivity contribution in [1.82, 2.24) is 5.32 Å². The predicted molar refractivity (Wildman–Crippen MR) is 78.8 cm³/mol. The van der Waals surface area contributed by atoms with Crippen molar-refractivity contribution in [3.8, 4) is 11.1 Å². The highest BCUT2D eigenvalue weighted by molar-refractivity contribution is 6.30. The van der Waals surface area contributed by atoms with Gasteiger partial charge in [-0.25, -0.2) is 4.39 Å². The summed E-state index contributed by atoms with van der Waals surface area (Å²) in [6.45, 7) is 3.83. The van der Waals surface area contributed by atoms with E-state index in [0.717, 1.165) is 30.6 Å². The maximum absolute atomic E-state index is 13.9. The minimum Gasteiger partial charge on any atom is -0.313 e. The molecule has 0 saturated heterocycles. The van der Waals surface area contributed by atoms with Crippen LogP contribution in [0.15, 0.2) is 42.5 Å². The molecule has 0 saturated carbocycles. The molecule has 0 amide bonds. The van der Waals surface area contributed by atoms with Crippen molar-refractivity contribution in [1.29, 1.82) is 0 Å². The van der Waals surface area contributed by atoms with Gasteiger partial charge >= 0.3 is 0 Å². The Morgan fingerprint density at radius 2 is 2.00 bits per heavy atom. The number of nitrogens with one attached hydrogen (secondary N) is 1. The topological polar surface area (TPSA) is 12.0 Å². The number of hydrogen-bond donors (Lipinski definition) is 1. The summed E-state index contributed by atoms with van der Waals surface area (Å²) in [5.74, 6) is -0.221. The van der Waals surface area contributed by atoms with Gasteiger partial charge in [-0.1, -0.05) is 36.7 Å². The van der Waals surface area contributed by atoms with E-state index >= 15 is 0 Å². The summed E-state index contributed by atoms with van der Waals surface area (Å²) in [6, 6.07) is 12.5. The van der Waals surface area contributed by atoms with Gasteiger partial charge in [0, 0.05) is 17.1 Å². The molecule has 0 bridgehead atoms. The van der Waals surface area contributed by atoms with Gasteiger partial charge in [0.1, 0.15) is 5.82 Å². The summed E-state index contributed by atoms with van der Waals surface area (Å²) in [5.41, 5.74) is 2.48. The maximum atomic E-state index is 13.9. The highest BCUT2D eigenvalue weighted by atomic mass is 35.5. The van der Waals surface area contributed by atoms with Gasteiger partial charge in [-0.05, 0) is 48.4 Å². The number of benzene rings is 2. The average molecular weight is 278 g/mol. The van der Waals surface area contributed by atoms with E-state index in [1.54, 1.807) is 12.1 Å². The van der Waals surface area contributed by atoms with Crippen LogP contribution in [0.25, 0.3) is 11.1 Å². The molecule has 0 aliphatic carbocycles. The summed E-state index contributed by atoms with van der Waals surface area (Å²) in [7, 11) is 0. The molecular formula is C16H17ClFN. The van der Waals surface area contributed by atoms with Crippen LogP contribution in [0.4, 0.5) is 4.39 Å². The zero-order valence-corrected chi connectivity index (χ0v) is 11.7. The third-order valence-electron chi connectivity index (χ3n) is 2.92. The predicted octanol–water partition coefficient (Wildman–Crippen LogP) is 4.65. The highest BCUT2D eigenvalue weighted by Crippen LogP contribution is 2.26. The summed E-state index contributed by atoms with van der Waals surface area (Å²) in [6.07, 6.45) is 1.09. The fourth-order valence-corrected chi connectivity index (χ4v) is 2.16. The van der Waals surface area contributed by atoms with E-state index in [9.17, 15) is 4.39 Å². The highest BCUT2D eigenvalue weighted by Gasteiger charge is 2.06. The van der Waals surface area contributed by atoms with Crippen LogP contribution in [-0.2, 0) is 6.54 Å². The van der Waals surface area contributed by atoms with Gasteiger partial charge in [-0.2, -0.15) is 0 Å². The average Bonchev–Trinajstić information content (AvgIpc) is 2.41. The number of rotatable bonds is 5. The second-order valence-corrected chi connectivity index (χ2v) is 4.94. The first-order chi connectivity index (χ1) is 9.20. The maximum Gasteiger partial charge on any atom is 0.131 e. The monoisotopic (exact) mass is 277 g/mol. The molecule has 1 N–H and O–H groups in total. The summed E-state index contributed by atoms with van der Waals surface area (Å²) < 4.78 is 13.9. The molecule has 19 heavy (non-hydrogen) atoms. The molecule has 2 rings (SSSR count). The van der Waals surface area contributed by atoms with E-state index in [1.165, 1.54) is 6.07 Å². The molecule has 0 atom stereocenters. The Kier molecular flexibility index (Phi) is 4.94. The molecular weight excluding hydrogens is 261 g/mol. The molecule has 0 spiro atoms. The normalized spacial score (nSPS) is 10.7. The van der Waals surface area contributed by atoms with Crippen molar-refractivity contribution in [3.05, 3.63) is 58.9 Å². The largest absolute Gasteiger partial charge is 0.313 e. The second kappa shape index (κ2) is 6.69. The van der Waals surface area contributed by atoms with Crippen LogP contribution in [0.5, 0.6) is 0 Å². The van der Waals surface area contributed by atoms with Crippen LogP contribution in [0.1, 0.15) is 18.9 Å². The minimum absolute atomic E-state index is 0.221. The van der Waals surface area contributed by atoms with Gasteiger partial charge in [0.15, 0.2) is 0 Å². The zero-order valence-electron chi connectivity index (χ0n) is 10.9. The Balaban J connectivity index is 2.26. The van der Waals surface area contributed by atoms with Gasteiger partial charge in [0.2, 0.25) is 0 Å². The molecule has 0 radical (unpaired) electrons. The lowest BCUT2D eigenvalue weighted by molar-refractivity contribution is 0.628. The minimum atomic E-state index is -0.221. The molecule has 0 aromatic heterocycles. The van der Waals surface area contributed by atoms with Crippen LogP contribution >= 0.6 is 11.6 Å². The quantitative estimate of drug-likeness (QED) is 0.785. The SMILES string of the molecule is CCCNCc1ccc(F)c(-c2cccc(Cl)c2)c1. The van der Waals surface area contributed by atoms with E-state index in [0.29, 0.717) is 10.6 Å². The Labute approximate surface area is 118 Å². The fourth-order valence-electron chi connectivity index (χ4n) is 1.97. The molecule has 0 fully saturated rings. The lowest BCUT2D eigenvalue weighted by Gasteiger charge is -2.08. The van der Waals surface area contributed by atoms with Crippen molar-refractivity contribution in [2.24, 2.45) is 0 Å². The lowest BCUT2D eigenvalue weighted by atomic mass is 10.0. The standard InChI is InChI=1S/C16H17ClFN/c1-2-8-19-11-12-6-7-16(18)15(9-12)13-4-3-5-14(17)10-13/h3-7,9-10,19H,2,8,11H2,1H3. The van der Waals surface area contributed by atoms with Gasteiger partial charge in [-0.15, -0.1) is 0 Å². The molecule has 0 unspecified atom stereocenters. The van der Waals surface area contributed by atoms with Crippen LogP contribution in [-0.4, -0.2) is 6.54 Å². The second-order valence-electron chi connectivity index (χ2n) is 4.50. The first kappa shape index (κ1) is 14.0. The first-order valence-electron chi connectivity index (χ1n) is 6.46. The lowest BCUT2D eigenvalue weighted by Crippen LogP contribution is -2.13. The third-order valence-corrected chi connectivity index (χ3v) is 3.16. The van der Waals surface area contributed by atoms with Gasteiger partial charge in [-0.3, -0.25) is 0 Å². The van der Waals surface area contributed by atoms with Crippen LogP contribution < -0.4 is 5.32 Å². The molecule has 0 heterocycles. The van der Waals surface area contributed by atoms with Crippen LogP contribution in [0.2, 0.25) is 5.02 Å². The zero-order chi connectivity index (χ0) is 13.7. The van der Waals surface area contributed by atoms with Crippen LogP contribution in [0.3, 0.4) is 0 Å². The number of hydrogen-bond acceptors (Lipinski definition) is 1. The molecule has 2 aromatic carbocycles. The first-order valence-corrected chi connectivity index (χ1v) is 6.83. The summed E-state index contributed by atoms with van der Waals surface area (Å²) >= 11 is 5.95. The molecule has 0 aliphatic rings. The molecule has 0 aliphatic heterocycles. The fraction of sp³-hybridized carbons (Fsp3) is 0.250. The van der Waals surface area contributed by atoms with Crippen molar-refractivity contribution in [3.63, 3.8) is 0 Å². The third kappa shape index (κ3) is 3.79. The Morgan fingerprint density at radius 3 is 2.74 bits per heavy atom. The molecule has 1 nitrogen and oxygen atoms in total. The van der Waals surface area contributed by atoms with Gasteiger partial charge in [0.25, 0.3) is 0 Å².